The Hall–Kier alpha value is -3.89. The van der Waals surface area contributed by atoms with Gasteiger partial charge in [-0.25, -0.2) is 4.39 Å². The van der Waals surface area contributed by atoms with E-state index in [2.05, 4.69) is 20.5 Å². The second-order valence-corrected chi connectivity index (χ2v) is 10.5. The number of phenolic OH excluding ortho intramolecular Hbond substituents is 1. The Morgan fingerprint density at radius 3 is 2.72 bits per heavy atom. The number of nitrogens with two attached hydrogens (primary N) is 1. The van der Waals surface area contributed by atoms with Crippen molar-refractivity contribution in [1.82, 2.24) is 20.6 Å². The number of hydrogen-bond donors (Lipinski definition) is 5. The molecule has 39 heavy (non-hydrogen) atoms. The molecule has 3 aromatic carbocycles. The van der Waals surface area contributed by atoms with E-state index in [1.807, 2.05) is 24.3 Å². The molecule has 2 fully saturated rings. The van der Waals surface area contributed by atoms with Crippen LogP contribution in [0.2, 0.25) is 5.02 Å². The second-order valence-electron chi connectivity index (χ2n) is 10.1. The van der Waals surface area contributed by atoms with Gasteiger partial charge in [-0.05, 0) is 53.8 Å². The van der Waals surface area contributed by atoms with Crippen molar-refractivity contribution in [2.45, 2.75) is 31.3 Å². The lowest BCUT2D eigenvalue weighted by Gasteiger charge is -2.34. The van der Waals surface area contributed by atoms with Gasteiger partial charge < -0.3 is 31.1 Å². The van der Waals surface area contributed by atoms with Crippen molar-refractivity contribution in [3.63, 3.8) is 0 Å². The van der Waals surface area contributed by atoms with Crippen LogP contribution < -0.4 is 26.0 Å². The molecule has 0 aliphatic carbocycles. The van der Waals surface area contributed by atoms with E-state index in [9.17, 15) is 5.11 Å². The highest BCUT2D eigenvalue weighted by Crippen LogP contribution is 2.42. The third-order valence-corrected chi connectivity index (χ3v) is 7.64. The number of benzene rings is 3. The first-order valence-electron chi connectivity index (χ1n) is 13.0. The summed E-state index contributed by atoms with van der Waals surface area (Å²) in [6.07, 6.45) is 2.72. The molecule has 2 saturated heterocycles. The van der Waals surface area contributed by atoms with Gasteiger partial charge in [0.2, 0.25) is 0 Å². The minimum Gasteiger partial charge on any atom is -0.508 e. The number of nitrogens with zero attached hydrogens (tertiary/aromatic N) is 3. The van der Waals surface area contributed by atoms with Gasteiger partial charge in [0.15, 0.2) is 11.8 Å². The monoisotopic (exact) mass is 549 g/mol. The molecule has 0 unspecified atom stereocenters. The number of aromatic nitrogens is 2. The van der Waals surface area contributed by atoms with Crippen molar-refractivity contribution in [3.05, 3.63) is 53.3 Å². The van der Waals surface area contributed by atoms with Crippen molar-refractivity contribution < 1.29 is 14.2 Å². The van der Waals surface area contributed by atoms with E-state index < -0.39 is 5.82 Å². The van der Waals surface area contributed by atoms with E-state index in [0.29, 0.717) is 41.8 Å². The van der Waals surface area contributed by atoms with E-state index in [1.165, 1.54) is 6.07 Å². The zero-order valence-corrected chi connectivity index (χ0v) is 21.9. The molecule has 0 saturated carbocycles. The number of guanidine groups is 1. The number of fused-ring (bicyclic) bond motifs is 4. The minimum absolute atomic E-state index is 0.0159. The fourth-order valence-corrected chi connectivity index (χ4v) is 5.94. The highest BCUT2D eigenvalue weighted by atomic mass is 35.5. The maximum Gasteiger partial charge on any atom is 0.319 e. The van der Waals surface area contributed by atoms with Gasteiger partial charge in [-0.1, -0.05) is 35.9 Å². The van der Waals surface area contributed by atoms with E-state index in [0.717, 1.165) is 36.7 Å². The summed E-state index contributed by atoms with van der Waals surface area (Å²) >= 11 is 6.79. The molecule has 2 aliphatic rings. The van der Waals surface area contributed by atoms with Crippen LogP contribution in [0.25, 0.3) is 32.8 Å². The Balaban J connectivity index is 1.47. The van der Waals surface area contributed by atoms with Gasteiger partial charge in [0, 0.05) is 42.7 Å². The smallest absolute Gasteiger partial charge is 0.319 e. The number of ether oxygens (including phenoxy) is 1. The number of rotatable bonds is 7. The number of hydrogen-bond acceptors (Lipinski definition) is 7. The molecule has 11 heteroatoms. The molecular weight excluding hydrogens is 521 g/mol. The topological polar surface area (TPSA) is 132 Å². The molecule has 202 valence electrons. The molecule has 2 bridgehead atoms. The quantitative estimate of drug-likeness (QED) is 0.132. The number of piperazine rings is 1. The predicted molar refractivity (Wildman–Crippen MR) is 151 cm³/mol. The van der Waals surface area contributed by atoms with Crippen LogP contribution in [0.5, 0.6) is 11.8 Å². The van der Waals surface area contributed by atoms with Gasteiger partial charge >= 0.3 is 6.01 Å². The first-order valence-corrected chi connectivity index (χ1v) is 13.4. The van der Waals surface area contributed by atoms with Crippen molar-refractivity contribution in [3.8, 4) is 22.9 Å². The van der Waals surface area contributed by atoms with Crippen LogP contribution in [0.3, 0.4) is 0 Å². The maximum atomic E-state index is 16.5. The summed E-state index contributed by atoms with van der Waals surface area (Å²) in [4.78, 5) is 11.4. The Morgan fingerprint density at radius 2 is 1.95 bits per heavy atom. The van der Waals surface area contributed by atoms with E-state index in [-0.39, 0.29) is 40.4 Å². The van der Waals surface area contributed by atoms with Gasteiger partial charge in [0.1, 0.15) is 17.1 Å². The standard InChI is InChI=1S/C28H29ClFN7O2/c29-22-12-21-25(24(30)23(22)20-11-18(38)10-15-4-1-2-5-19(15)20)35-28(39-9-3-8-33-27(31)32)36-26(21)37-13-16-6-7-17(14-37)34-16/h1-2,4-5,10-12,16-17,34,38H,3,6-9,13-14H2,(H4,31,32,33)/t16-,17+. The van der Waals surface area contributed by atoms with Crippen molar-refractivity contribution in [2.24, 2.45) is 5.73 Å². The summed E-state index contributed by atoms with van der Waals surface area (Å²) < 4.78 is 22.4. The normalized spacial score (nSPS) is 18.6. The van der Waals surface area contributed by atoms with Gasteiger partial charge in [-0.15, -0.1) is 0 Å². The zero-order valence-electron chi connectivity index (χ0n) is 21.2. The average molecular weight is 550 g/mol. The van der Waals surface area contributed by atoms with Gasteiger partial charge in [-0.2, -0.15) is 9.97 Å². The fraction of sp³-hybridized carbons (Fsp3) is 0.321. The molecule has 6 rings (SSSR count). The zero-order chi connectivity index (χ0) is 27.1. The lowest BCUT2D eigenvalue weighted by atomic mass is 9.96. The fourth-order valence-electron chi connectivity index (χ4n) is 5.64. The Kier molecular flexibility index (Phi) is 6.74. The SMILES string of the molecule is N=C(N)NCCCOc1nc(N2C[C@H]3CC[C@@H](C2)N3)c2cc(Cl)c(-c3cc(O)cc4ccccc34)c(F)c2n1. The molecule has 2 aliphatic heterocycles. The first kappa shape index (κ1) is 25.4. The first-order chi connectivity index (χ1) is 18.9. The maximum absolute atomic E-state index is 16.5. The van der Waals surface area contributed by atoms with Crippen LogP contribution >= 0.6 is 11.6 Å². The molecule has 9 nitrogen and oxygen atoms in total. The number of phenols is 1. The second kappa shape index (κ2) is 10.3. The van der Waals surface area contributed by atoms with Gasteiger partial charge in [-0.3, -0.25) is 5.41 Å². The lowest BCUT2D eigenvalue weighted by Crippen LogP contribution is -2.51. The van der Waals surface area contributed by atoms with Gasteiger partial charge in [0.05, 0.1) is 11.6 Å². The van der Waals surface area contributed by atoms with Crippen LogP contribution in [-0.4, -0.2) is 59.4 Å². The van der Waals surface area contributed by atoms with Crippen molar-refractivity contribution in [2.75, 3.05) is 31.1 Å². The summed E-state index contributed by atoms with van der Waals surface area (Å²) in [6, 6.07) is 13.1. The highest BCUT2D eigenvalue weighted by molar-refractivity contribution is 6.35. The molecule has 3 heterocycles. The van der Waals surface area contributed by atoms with Crippen LogP contribution in [0.15, 0.2) is 42.5 Å². The summed E-state index contributed by atoms with van der Waals surface area (Å²) in [6.45, 7) is 2.19. The molecule has 0 spiro atoms. The number of anilines is 1. The minimum atomic E-state index is -0.599. The Bertz CT molecular complexity index is 1570. The summed E-state index contributed by atoms with van der Waals surface area (Å²) in [5, 5.41) is 26.3. The summed E-state index contributed by atoms with van der Waals surface area (Å²) in [7, 11) is 0. The third kappa shape index (κ3) is 4.97. The highest BCUT2D eigenvalue weighted by Gasteiger charge is 2.34. The number of nitrogens with one attached hydrogen (secondary N) is 3. The van der Waals surface area contributed by atoms with E-state index in [4.69, 9.17) is 32.5 Å². The molecule has 4 aromatic rings. The molecule has 6 N–H and O–H groups in total. The molecule has 2 atom stereocenters. The van der Waals surface area contributed by atoms with Crippen molar-refractivity contribution >= 4 is 45.1 Å². The average Bonchev–Trinajstić information content (AvgIpc) is 3.25. The van der Waals surface area contributed by atoms with E-state index in [1.54, 1.807) is 12.1 Å². The van der Waals surface area contributed by atoms with Crippen molar-refractivity contribution in [1.29, 1.82) is 5.41 Å². The Morgan fingerprint density at radius 1 is 1.18 bits per heavy atom. The summed E-state index contributed by atoms with van der Waals surface area (Å²) in [5.41, 5.74) is 6.09. The van der Waals surface area contributed by atoms with E-state index >= 15 is 4.39 Å². The van der Waals surface area contributed by atoms with Crippen LogP contribution in [0.1, 0.15) is 19.3 Å². The Labute approximate surface area is 229 Å². The molecule has 1 aromatic heterocycles. The lowest BCUT2D eigenvalue weighted by molar-refractivity contribution is 0.288. The predicted octanol–water partition coefficient (Wildman–Crippen LogP) is 4.14. The third-order valence-electron chi connectivity index (χ3n) is 7.34. The van der Waals surface area contributed by atoms with Crippen LogP contribution in [0, 0.1) is 11.2 Å². The number of halogens is 2. The largest absolute Gasteiger partial charge is 0.508 e. The van der Waals surface area contributed by atoms with Crippen LogP contribution in [0.4, 0.5) is 10.2 Å². The molecule has 0 amide bonds. The molecule has 0 radical (unpaired) electrons. The number of aromatic hydroxyl groups is 1. The van der Waals surface area contributed by atoms with Gasteiger partial charge in [0.25, 0.3) is 0 Å². The molecular formula is C28H29ClFN7O2. The van der Waals surface area contributed by atoms with Crippen LogP contribution in [-0.2, 0) is 0 Å². The summed E-state index contributed by atoms with van der Waals surface area (Å²) in [5.74, 6) is -0.109.